The molecule has 0 aromatic heterocycles. The van der Waals surface area contributed by atoms with Crippen LogP contribution in [0.2, 0.25) is 0 Å². The van der Waals surface area contributed by atoms with Crippen LogP contribution in [-0.2, 0) is 4.79 Å². The molecule has 2 aromatic carbocycles. The molecule has 4 nitrogen and oxygen atoms in total. The molecule has 0 saturated carbocycles. The molecule has 0 unspecified atom stereocenters. The monoisotopic (exact) mass is 270 g/mol. The first kappa shape index (κ1) is 12.5. The lowest BCUT2D eigenvalue weighted by molar-refractivity contribution is -0.135. The van der Waals surface area contributed by atoms with Gasteiger partial charge in [-0.05, 0) is 29.8 Å². The van der Waals surface area contributed by atoms with Crippen LogP contribution in [-0.4, -0.2) is 18.2 Å². The number of hydrogen-bond acceptors (Lipinski definition) is 4. The molecule has 0 bridgehead atoms. The van der Waals surface area contributed by atoms with Gasteiger partial charge in [0.05, 0.1) is 13.5 Å². The lowest BCUT2D eigenvalue weighted by Crippen LogP contribution is -2.21. The van der Waals surface area contributed by atoms with Gasteiger partial charge in [0.25, 0.3) is 0 Å². The van der Waals surface area contributed by atoms with Gasteiger partial charge in [-0.25, -0.2) is 0 Å². The number of hydrogen-bond donors (Lipinski definition) is 1. The van der Waals surface area contributed by atoms with E-state index < -0.39 is 0 Å². The van der Waals surface area contributed by atoms with Crippen molar-refractivity contribution < 1.29 is 19.4 Å². The van der Waals surface area contributed by atoms with Gasteiger partial charge in [-0.2, -0.15) is 0 Å². The van der Waals surface area contributed by atoms with Crippen molar-refractivity contribution in [3.8, 4) is 17.2 Å². The van der Waals surface area contributed by atoms with Crippen molar-refractivity contribution in [1.29, 1.82) is 0 Å². The van der Waals surface area contributed by atoms with E-state index >= 15 is 0 Å². The van der Waals surface area contributed by atoms with Gasteiger partial charge in [0.2, 0.25) is 0 Å². The average molecular weight is 270 g/mol. The fourth-order valence-electron chi connectivity index (χ4n) is 2.53. The number of aromatic hydroxyl groups is 1. The van der Waals surface area contributed by atoms with Crippen molar-refractivity contribution in [3.63, 3.8) is 0 Å². The van der Waals surface area contributed by atoms with Crippen LogP contribution in [0.25, 0.3) is 0 Å². The summed E-state index contributed by atoms with van der Waals surface area (Å²) in [5.41, 5.74) is 1.61. The lowest BCUT2D eigenvalue weighted by Gasteiger charge is -2.25. The number of phenols is 1. The van der Waals surface area contributed by atoms with Crippen LogP contribution in [0.5, 0.6) is 17.2 Å². The number of esters is 1. The molecule has 0 aliphatic carbocycles. The average Bonchev–Trinajstić information content (AvgIpc) is 2.46. The van der Waals surface area contributed by atoms with Gasteiger partial charge in [0.1, 0.15) is 17.2 Å². The zero-order valence-corrected chi connectivity index (χ0v) is 11.0. The molecule has 1 N–H and O–H groups in total. The minimum atomic E-state index is -0.288. The Morgan fingerprint density at radius 2 is 1.95 bits per heavy atom. The Balaban J connectivity index is 2.07. The van der Waals surface area contributed by atoms with Crippen LogP contribution < -0.4 is 9.47 Å². The Labute approximate surface area is 116 Å². The van der Waals surface area contributed by atoms with E-state index in [4.69, 9.17) is 9.47 Å². The summed E-state index contributed by atoms with van der Waals surface area (Å²) in [6.45, 7) is 0. The molecule has 2 aromatic rings. The zero-order valence-electron chi connectivity index (χ0n) is 11.0. The standard InChI is InChI=1S/C16H14O4/c1-19-11-7-5-10(6-8-11)12-9-15(18)20-14-4-2-3-13(17)16(12)14/h2-8,12,17H,9H2,1H3/t12-/m0/s1. The highest BCUT2D eigenvalue weighted by Crippen LogP contribution is 2.43. The number of phenolic OH excluding ortho intramolecular Hbond substituents is 1. The molecule has 1 aliphatic heterocycles. The Hall–Kier alpha value is -2.49. The van der Waals surface area contributed by atoms with Gasteiger partial charge < -0.3 is 14.6 Å². The van der Waals surface area contributed by atoms with Crippen molar-refractivity contribution in [2.45, 2.75) is 12.3 Å². The summed E-state index contributed by atoms with van der Waals surface area (Å²) >= 11 is 0. The highest BCUT2D eigenvalue weighted by atomic mass is 16.5. The SMILES string of the molecule is COc1ccc([C@@H]2CC(=O)Oc3cccc(O)c32)cc1. The maximum Gasteiger partial charge on any atom is 0.312 e. The number of benzene rings is 2. The van der Waals surface area contributed by atoms with E-state index in [9.17, 15) is 9.90 Å². The molecule has 20 heavy (non-hydrogen) atoms. The number of fused-ring (bicyclic) bond motifs is 1. The third-order valence-corrected chi connectivity index (χ3v) is 3.50. The fourth-order valence-corrected chi connectivity index (χ4v) is 2.53. The predicted octanol–water partition coefficient (Wildman–Crippen LogP) is 2.84. The summed E-state index contributed by atoms with van der Waals surface area (Å²) < 4.78 is 10.3. The van der Waals surface area contributed by atoms with E-state index in [-0.39, 0.29) is 24.1 Å². The molecule has 1 atom stereocenters. The number of methoxy groups -OCH3 is 1. The summed E-state index contributed by atoms with van der Waals surface area (Å²) in [7, 11) is 1.61. The molecule has 0 radical (unpaired) electrons. The van der Waals surface area contributed by atoms with Crippen LogP contribution in [0.3, 0.4) is 0 Å². The first-order valence-corrected chi connectivity index (χ1v) is 6.35. The van der Waals surface area contributed by atoms with Gasteiger partial charge in [-0.1, -0.05) is 18.2 Å². The molecule has 4 heteroatoms. The van der Waals surface area contributed by atoms with Crippen LogP contribution in [0.1, 0.15) is 23.5 Å². The second kappa shape index (κ2) is 4.89. The highest BCUT2D eigenvalue weighted by Gasteiger charge is 2.30. The summed E-state index contributed by atoms with van der Waals surface area (Å²) in [4.78, 5) is 11.7. The molecule has 1 heterocycles. The molecular weight excluding hydrogens is 256 g/mol. The van der Waals surface area contributed by atoms with Crippen molar-refractivity contribution in [1.82, 2.24) is 0 Å². The second-order valence-electron chi connectivity index (χ2n) is 4.69. The number of carbonyl (C=O) groups excluding carboxylic acids is 1. The summed E-state index contributed by atoms with van der Waals surface area (Å²) in [5, 5.41) is 10.1. The molecule has 3 rings (SSSR count). The smallest absolute Gasteiger partial charge is 0.312 e. The van der Waals surface area contributed by atoms with E-state index in [2.05, 4.69) is 0 Å². The molecule has 0 spiro atoms. The summed E-state index contributed by atoms with van der Waals surface area (Å²) in [5.74, 6) is 0.852. The van der Waals surface area contributed by atoms with Crippen molar-refractivity contribution in [2.75, 3.05) is 7.11 Å². The van der Waals surface area contributed by atoms with Crippen LogP contribution in [0, 0.1) is 0 Å². The normalized spacial score (nSPS) is 17.2. The summed E-state index contributed by atoms with van der Waals surface area (Å²) in [6, 6.07) is 12.5. The lowest BCUT2D eigenvalue weighted by atomic mass is 9.86. The van der Waals surface area contributed by atoms with Gasteiger partial charge >= 0.3 is 5.97 Å². The van der Waals surface area contributed by atoms with Crippen molar-refractivity contribution in [2.24, 2.45) is 0 Å². The van der Waals surface area contributed by atoms with E-state index in [0.29, 0.717) is 11.3 Å². The third-order valence-electron chi connectivity index (χ3n) is 3.50. The number of ether oxygens (including phenoxy) is 2. The van der Waals surface area contributed by atoms with E-state index in [1.165, 1.54) is 0 Å². The molecule has 0 amide bonds. The van der Waals surface area contributed by atoms with Crippen LogP contribution >= 0.6 is 0 Å². The first-order chi connectivity index (χ1) is 9.69. The highest BCUT2D eigenvalue weighted by molar-refractivity contribution is 5.78. The molecular formula is C16H14O4. The largest absolute Gasteiger partial charge is 0.508 e. The number of carbonyl (C=O) groups is 1. The second-order valence-corrected chi connectivity index (χ2v) is 4.69. The van der Waals surface area contributed by atoms with Gasteiger partial charge in [-0.15, -0.1) is 0 Å². The number of rotatable bonds is 2. The van der Waals surface area contributed by atoms with E-state index in [0.717, 1.165) is 11.3 Å². The minimum absolute atomic E-state index is 0.149. The van der Waals surface area contributed by atoms with E-state index in [1.807, 2.05) is 24.3 Å². The Morgan fingerprint density at radius 3 is 2.65 bits per heavy atom. The Kier molecular flexibility index (Phi) is 3.06. The van der Waals surface area contributed by atoms with Gasteiger partial charge in [-0.3, -0.25) is 4.79 Å². The maximum atomic E-state index is 11.7. The molecule has 0 fully saturated rings. The predicted molar refractivity (Wildman–Crippen MR) is 73.2 cm³/mol. The summed E-state index contributed by atoms with van der Waals surface area (Å²) in [6.07, 6.45) is 0.219. The van der Waals surface area contributed by atoms with Gasteiger partial charge in [0, 0.05) is 11.5 Å². The molecule has 102 valence electrons. The Bertz CT molecular complexity index is 646. The first-order valence-electron chi connectivity index (χ1n) is 6.35. The quantitative estimate of drug-likeness (QED) is 0.673. The van der Waals surface area contributed by atoms with Crippen LogP contribution in [0.15, 0.2) is 42.5 Å². The van der Waals surface area contributed by atoms with Gasteiger partial charge in [0.15, 0.2) is 0 Å². The topological polar surface area (TPSA) is 55.8 Å². The van der Waals surface area contributed by atoms with Crippen molar-refractivity contribution in [3.05, 3.63) is 53.6 Å². The van der Waals surface area contributed by atoms with Crippen LogP contribution in [0.4, 0.5) is 0 Å². The third kappa shape index (κ3) is 2.09. The van der Waals surface area contributed by atoms with E-state index in [1.54, 1.807) is 25.3 Å². The van der Waals surface area contributed by atoms with Crippen molar-refractivity contribution >= 4 is 5.97 Å². The Morgan fingerprint density at radius 1 is 1.20 bits per heavy atom. The minimum Gasteiger partial charge on any atom is -0.508 e. The fraction of sp³-hybridized carbons (Fsp3) is 0.188. The zero-order chi connectivity index (χ0) is 14.1. The molecule has 1 aliphatic rings. The molecule has 0 saturated heterocycles. The maximum absolute atomic E-state index is 11.7.